The average Bonchev–Trinajstić information content (AvgIpc) is 2.80. The Morgan fingerprint density at radius 1 is 1.55 bits per heavy atom. The number of amides is 1. The maximum atomic E-state index is 12.7. The number of carbonyl (C=O) groups is 1. The van der Waals surface area contributed by atoms with Crippen molar-refractivity contribution in [3.8, 4) is 0 Å². The molecule has 5 heteroatoms. The topological polar surface area (TPSA) is 45.5 Å². The molecular formula is C15H23BrN2O2. The van der Waals surface area contributed by atoms with Gasteiger partial charge in [0.2, 0.25) is 0 Å². The molecule has 1 amide bonds. The van der Waals surface area contributed by atoms with Gasteiger partial charge in [-0.25, -0.2) is 0 Å². The second-order valence-electron chi connectivity index (χ2n) is 5.51. The highest BCUT2D eigenvalue weighted by Crippen LogP contribution is 2.23. The lowest BCUT2D eigenvalue weighted by molar-refractivity contribution is 0.0642. The number of aromatic nitrogens is 1. The van der Waals surface area contributed by atoms with Crippen molar-refractivity contribution in [1.29, 1.82) is 0 Å². The Labute approximate surface area is 128 Å². The molecule has 1 aromatic rings. The van der Waals surface area contributed by atoms with Crippen LogP contribution in [0.25, 0.3) is 0 Å². The molecule has 1 aliphatic rings. The highest BCUT2D eigenvalue weighted by atomic mass is 79.9. The Balaban J connectivity index is 2.10. The number of aryl methyl sites for hydroxylation is 1. The number of likely N-dealkylation sites (tertiary alicyclic amines) is 1. The minimum Gasteiger partial charge on any atom is -0.396 e. The summed E-state index contributed by atoms with van der Waals surface area (Å²) in [6, 6.07) is 1.91. The highest BCUT2D eigenvalue weighted by Gasteiger charge is 2.26. The highest BCUT2D eigenvalue weighted by molar-refractivity contribution is 9.10. The average molecular weight is 343 g/mol. The fourth-order valence-corrected chi connectivity index (χ4v) is 3.37. The van der Waals surface area contributed by atoms with Crippen LogP contribution < -0.4 is 0 Å². The van der Waals surface area contributed by atoms with Crippen LogP contribution >= 0.6 is 15.9 Å². The van der Waals surface area contributed by atoms with E-state index >= 15 is 0 Å². The summed E-state index contributed by atoms with van der Waals surface area (Å²) < 4.78 is 2.99. The van der Waals surface area contributed by atoms with Gasteiger partial charge in [0.25, 0.3) is 5.91 Å². The Morgan fingerprint density at radius 2 is 2.35 bits per heavy atom. The monoisotopic (exact) mass is 342 g/mol. The maximum absolute atomic E-state index is 12.7. The molecular weight excluding hydrogens is 320 g/mol. The lowest BCUT2D eigenvalue weighted by Gasteiger charge is -2.32. The molecule has 1 saturated heterocycles. The van der Waals surface area contributed by atoms with Gasteiger partial charge in [-0.05, 0) is 53.6 Å². The van der Waals surface area contributed by atoms with E-state index in [4.69, 9.17) is 5.11 Å². The molecule has 112 valence electrons. The van der Waals surface area contributed by atoms with Crippen LogP contribution in [0.1, 0.15) is 43.1 Å². The summed E-state index contributed by atoms with van der Waals surface area (Å²) >= 11 is 3.46. The molecule has 1 N–H and O–H groups in total. The molecule has 1 aliphatic heterocycles. The fraction of sp³-hybridized carbons (Fsp3) is 0.667. The standard InChI is InChI=1S/C15H23BrN2O2/c1-2-6-17-11-13(16)9-14(17)15(20)18-7-3-4-12(10-18)5-8-19/h9,11-12,19H,2-8,10H2,1H3. The number of carbonyl (C=O) groups excluding carboxylic acids is 1. The lowest BCUT2D eigenvalue weighted by Crippen LogP contribution is -2.40. The van der Waals surface area contributed by atoms with Crippen molar-refractivity contribution in [2.24, 2.45) is 5.92 Å². The number of piperidine rings is 1. The van der Waals surface area contributed by atoms with E-state index in [1.54, 1.807) is 0 Å². The molecule has 1 atom stereocenters. The van der Waals surface area contributed by atoms with E-state index in [-0.39, 0.29) is 12.5 Å². The molecule has 2 heterocycles. The third kappa shape index (κ3) is 3.64. The minimum atomic E-state index is 0.117. The SMILES string of the molecule is CCCn1cc(Br)cc1C(=O)N1CCCC(CCO)C1. The van der Waals surface area contributed by atoms with Gasteiger partial charge in [-0.2, -0.15) is 0 Å². The number of nitrogens with zero attached hydrogens (tertiary/aromatic N) is 2. The molecule has 1 fully saturated rings. The summed E-state index contributed by atoms with van der Waals surface area (Å²) in [5.74, 6) is 0.558. The Kier molecular flexibility index (Phi) is 5.66. The van der Waals surface area contributed by atoms with E-state index in [2.05, 4.69) is 22.9 Å². The molecule has 0 aliphatic carbocycles. The van der Waals surface area contributed by atoms with Crippen LogP contribution in [0.5, 0.6) is 0 Å². The normalized spacial score (nSPS) is 19.4. The van der Waals surface area contributed by atoms with E-state index in [1.807, 2.05) is 21.7 Å². The predicted octanol–water partition coefficient (Wildman–Crippen LogP) is 2.90. The van der Waals surface area contributed by atoms with E-state index in [1.165, 1.54) is 0 Å². The molecule has 0 radical (unpaired) electrons. The third-order valence-corrected chi connectivity index (χ3v) is 4.32. The Bertz CT molecular complexity index is 457. The van der Waals surface area contributed by atoms with E-state index in [0.717, 1.165) is 55.5 Å². The minimum absolute atomic E-state index is 0.117. The number of halogens is 1. The molecule has 2 rings (SSSR count). The maximum Gasteiger partial charge on any atom is 0.270 e. The number of aliphatic hydroxyl groups excluding tert-OH is 1. The van der Waals surface area contributed by atoms with Crippen LogP contribution in [0, 0.1) is 5.92 Å². The molecule has 0 bridgehead atoms. The molecule has 0 aromatic carbocycles. The molecule has 0 spiro atoms. The molecule has 4 nitrogen and oxygen atoms in total. The van der Waals surface area contributed by atoms with Gasteiger partial charge in [0.05, 0.1) is 0 Å². The van der Waals surface area contributed by atoms with Gasteiger partial charge in [-0.15, -0.1) is 0 Å². The third-order valence-electron chi connectivity index (χ3n) is 3.89. The van der Waals surface area contributed by atoms with E-state index < -0.39 is 0 Å². The second kappa shape index (κ2) is 7.27. The lowest BCUT2D eigenvalue weighted by atomic mass is 9.95. The zero-order chi connectivity index (χ0) is 14.5. The molecule has 1 aromatic heterocycles. The first-order valence-electron chi connectivity index (χ1n) is 7.41. The first-order valence-corrected chi connectivity index (χ1v) is 8.20. The van der Waals surface area contributed by atoms with Crippen molar-refractivity contribution in [3.63, 3.8) is 0 Å². The largest absolute Gasteiger partial charge is 0.396 e. The number of hydrogen-bond donors (Lipinski definition) is 1. The number of hydrogen-bond acceptors (Lipinski definition) is 2. The van der Waals surface area contributed by atoms with Gasteiger partial charge in [0.1, 0.15) is 5.69 Å². The van der Waals surface area contributed by atoms with Gasteiger partial charge in [0.15, 0.2) is 0 Å². The first kappa shape index (κ1) is 15.6. The fourth-order valence-electron chi connectivity index (χ4n) is 2.91. The van der Waals surface area contributed by atoms with Crippen LogP contribution in [0.3, 0.4) is 0 Å². The zero-order valence-corrected chi connectivity index (χ0v) is 13.6. The summed E-state index contributed by atoms with van der Waals surface area (Å²) in [7, 11) is 0. The van der Waals surface area contributed by atoms with Crippen molar-refractivity contribution in [1.82, 2.24) is 9.47 Å². The summed E-state index contributed by atoms with van der Waals surface area (Å²) in [5.41, 5.74) is 0.767. The second-order valence-corrected chi connectivity index (χ2v) is 6.42. The van der Waals surface area contributed by atoms with Crippen molar-refractivity contribution in [3.05, 3.63) is 22.4 Å². The quantitative estimate of drug-likeness (QED) is 0.894. The van der Waals surface area contributed by atoms with Crippen LogP contribution in [-0.4, -0.2) is 40.2 Å². The van der Waals surface area contributed by atoms with Crippen molar-refractivity contribution in [2.75, 3.05) is 19.7 Å². The molecule has 1 unspecified atom stereocenters. The summed E-state index contributed by atoms with van der Waals surface area (Å²) in [6.45, 7) is 4.79. The van der Waals surface area contributed by atoms with Crippen LogP contribution in [0.4, 0.5) is 0 Å². The Hall–Kier alpha value is -0.810. The number of rotatable bonds is 5. The smallest absolute Gasteiger partial charge is 0.270 e. The number of aliphatic hydroxyl groups is 1. The van der Waals surface area contributed by atoms with E-state index in [9.17, 15) is 4.79 Å². The molecule has 0 saturated carbocycles. The van der Waals surface area contributed by atoms with Gasteiger partial charge in [-0.3, -0.25) is 4.79 Å². The summed E-state index contributed by atoms with van der Waals surface area (Å²) in [4.78, 5) is 14.6. The van der Waals surface area contributed by atoms with Gasteiger partial charge in [-0.1, -0.05) is 6.92 Å². The van der Waals surface area contributed by atoms with Crippen molar-refractivity contribution >= 4 is 21.8 Å². The zero-order valence-electron chi connectivity index (χ0n) is 12.0. The van der Waals surface area contributed by atoms with Crippen LogP contribution in [0.2, 0.25) is 0 Å². The van der Waals surface area contributed by atoms with Crippen molar-refractivity contribution in [2.45, 2.75) is 39.2 Å². The summed E-state index contributed by atoms with van der Waals surface area (Å²) in [6.07, 6.45) is 5.93. The van der Waals surface area contributed by atoms with Gasteiger partial charge < -0.3 is 14.6 Å². The summed E-state index contributed by atoms with van der Waals surface area (Å²) in [5, 5.41) is 9.06. The Morgan fingerprint density at radius 3 is 3.05 bits per heavy atom. The van der Waals surface area contributed by atoms with Crippen molar-refractivity contribution < 1.29 is 9.90 Å². The van der Waals surface area contributed by atoms with Crippen LogP contribution in [-0.2, 0) is 6.54 Å². The predicted molar refractivity (Wildman–Crippen MR) is 82.8 cm³/mol. The van der Waals surface area contributed by atoms with E-state index in [0.29, 0.717) is 5.92 Å². The van der Waals surface area contributed by atoms with Gasteiger partial charge in [0, 0.05) is 36.9 Å². The van der Waals surface area contributed by atoms with Gasteiger partial charge >= 0.3 is 0 Å². The molecule has 20 heavy (non-hydrogen) atoms. The van der Waals surface area contributed by atoms with Crippen LogP contribution in [0.15, 0.2) is 16.7 Å². The first-order chi connectivity index (χ1) is 9.65.